The average Bonchev–Trinajstić information content (AvgIpc) is 3.10. The van der Waals surface area contributed by atoms with E-state index < -0.39 is 0 Å². The Morgan fingerprint density at radius 3 is 2.61 bits per heavy atom. The molecule has 31 heavy (non-hydrogen) atoms. The molecule has 2 aromatic carbocycles. The molecule has 0 saturated carbocycles. The van der Waals surface area contributed by atoms with Crippen molar-refractivity contribution in [2.75, 3.05) is 5.32 Å². The van der Waals surface area contributed by atoms with Gasteiger partial charge in [-0.25, -0.2) is 4.98 Å². The maximum atomic E-state index is 12.6. The fourth-order valence-electron chi connectivity index (χ4n) is 4.11. The van der Waals surface area contributed by atoms with Crippen LogP contribution in [0.15, 0.2) is 54.7 Å². The molecule has 0 bridgehead atoms. The fraction of sp³-hybridized carbons (Fsp3) is 0.208. The normalized spacial score (nSPS) is 15.5. The minimum absolute atomic E-state index is 0.0530. The molecule has 1 amide bonds. The number of nitrogens with zero attached hydrogens (tertiary/aromatic N) is 5. The number of carbonyl (C=O) groups is 1. The number of rotatable bonds is 3. The highest BCUT2D eigenvalue weighted by Gasteiger charge is 2.33. The average molecular weight is 410 g/mol. The molecule has 7 heteroatoms. The molecule has 0 saturated heterocycles. The van der Waals surface area contributed by atoms with E-state index in [0.29, 0.717) is 23.9 Å². The Kier molecular flexibility index (Phi) is 4.58. The Balaban J connectivity index is 1.61. The summed E-state index contributed by atoms with van der Waals surface area (Å²) in [5.41, 5.74) is 6.91. The first kappa shape index (κ1) is 19.1. The van der Waals surface area contributed by atoms with Gasteiger partial charge in [0.25, 0.3) is 5.95 Å². The molecular weight excluding hydrogens is 388 g/mol. The van der Waals surface area contributed by atoms with E-state index in [1.165, 1.54) is 5.56 Å². The summed E-state index contributed by atoms with van der Waals surface area (Å²) in [5.74, 6) is 0.823. The van der Waals surface area contributed by atoms with Gasteiger partial charge in [-0.3, -0.25) is 4.79 Å². The number of hydrogen-bond donors (Lipinski definition) is 1. The van der Waals surface area contributed by atoms with Crippen molar-refractivity contribution in [3.63, 3.8) is 0 Å². The van der Waals surface area contributed by atoms with Gasteiger partial charge in [0, 0.05) is 23.5 Å². The third-order valence-corrected chi connectivity index (χ3v) is 5.63. The van der Waals surface area contributed by atoms with Crippen molar-refractivity contribution in [2.45, 2.75) is 33.1 Å². The van der Waals surface area contributed by atoms with Crippen LogP contribution < -0.4 is 5.32 Å². The van der Waals surface area contributed by atoms with Gasteiger partial charge in [0.05, 0.1) is 17.6 Å². The van der Waals surface area contributed by atoms with Crippen molar-refractivity contribution in [1.29, 1.82) is 0 Å². The fourth-order valence-corrected chi connectivity index (χ4v) is 4.11. The van der Waals surface area contributed by atoms with Crippen molar-refractivity contribution in [3.8, 4) is 17.2 Å². The molecule has 0 spiro atoms. The van der Waals surface area contributed by atoms with Crippen molar-refractivity contribution in [1.82, 2.24) is 25.0 Å². The first-order valence-electron chi connectivity index (χ1n) is 10.2. The maximum absolute atomic E-state index is 12.6. The van der Waals surface area contributed by atoms with Crippen LogP contribution in [0, 0.1) is 20.8 Å². The zero-order valence-electron chi connectivity index (χ0n) is 17.6. The number of benzene rings is 2. The van der Waals surface area contributed by atoms with E-state index >= 15 is 0 Å². The molecule has 154 valence electrons. The Morgan fingerprint density at radius 2 is 1.84 bits per heavy atom. The van der Waals surface area contributed by atoms with Gasteiger partial charge in [0.1, 0.15) is 5.82 Å². The Morgan fingerprint density at radius 1 is 1.03 bits per heavy atom. The van der Waals surface area contributed by atoms with E-state index in [2.05, 4.69) is 50.7 Å². The number of carbonyl (C=O) groups excluding carboxylic acids is 1. The predicted octanol–water partition coefficient (Wildman–Crippen LogP) is 4.12. The van der Waals surface area contributed by atoms with E-state index in [1.807, 2.05) is 44.2 Å². The van der Waals surface area contributed by atoms with Crippen molar-refractivity contribution in [2.24, 2.45) is 0 Å². The van der Waals surface area contributed by atoms with Gasteiger partial charge in [-0.2, -0.15) is 14.9 Å². The molecule has 0 unspecified atom stereocenters. The largest absolute Gasteiger partial charge is 0.310 e. The number of aryl methyl sites for hydroxylation is 3. The quantitative estimate of drug-likeness (QED) is 0.549. The van der Waals surface area contributed by atoms with Crippen molar-refractivity contribution >= 4 is 11.7 Å². The van der Waals surface area contributed by atoms with Crippen LogP contribution in [0.25, 0.3) is 17.2 Å². The summed E-state index contributed by atoms with van der Waals surface area (Å²) in [7, 11) is 0. The van der Waals surface area contributed by atoms with E-state index in [1.54, 1.807) is 10.9 Å². The van der Waals surface area contributed by atoms with E-state index in [9.17, 15) is 4.79 Å². The van der Waals surface area contributed by atoms with Gasteiger partial charge in [0.15, 0.2) is 0 Å². The number of nitrogens with one attached hydrogen (secondary N) is 1. The summed E-state index contributed by atoms with van der Waals surface area (Å²) in [4.78, 5) is 17.3. The van der Waals surface area contributed by atoms with Crippen LogP contribution in [0.2, 0.25) is 0 Å². The lowest BCUT2D eigenvalue weighted by Gasteiger charge is -2.24. The third kappa shape index (κ3) is 3.48. The van der Waals surface area contributed by atoms with Crippen LogP contribution in [-0.2, 0) is 4.79 Å². The maximum Gasteiger partial charge on any atom is 0.272 e. The van der Waals surface area contributed by atoms with Gasteiger partial charge in [-0.05, 0) is 26.3 Å². The highest BCUT2D eigenvalue weighted by Crippen LogP contribution is 2.40. The van der Waals surface area contributed by atoms with Crippen molar-refractivity contribution in [3.05, 3.63) is 82.7 Å². The van der Waals surface area contributed by atoms with Gasteiger partial charge in [0.2, 0.25) is 5.91 Å². The van der Waals surface area contributed by atoms with Gasteiger partial charge >= 0.3 is 0 Å². The highest BCUT2D eigenvalue weighted by molar-refractivity contribution is 5.95. The first-order valence-corrected chi connectivity index (χ1v) is 10.2. The number of amides is 1. The van der Waals surface area contributed by atoms with Crippen LogP contribution in [-0.4, -0.2) is 30.9 Å². The third-order valence-electron chi connectivity index (χ3n) is 5.63. The van der Waals surface area contributed by atoms with E-state index in [4.69, 9.17) is 0 Å². The molecule has 0 aliphatic carbocycles. The standard InChI is InChI=1S/C24H22N6O/c1-14-7-9-17(10-8-14)20-13-25-28-24(26-20)30-23-22(16(3)29-30)19(12-21(31)27-23)18-6-4-5-15(2)11-18/h4-11,13,19H,12H2,1-3H3,(H,27,31)/t19-/m0/s1. The Hall–Kier alpha value is -3.87. The second-order valence-electron chi connectivity index (χ2n) is 7.99. The molecule has 0 radical (unpaired) electrons. The molecule has 3 heterocycles. The molecule has 1 aliphatic heterocycles. The smallest absolute Gasteiger partial charge is 0.272 e. The summed E-state index contributed by atoms with van der Waals surface area (Å²) in [6, 6.07) is 16.3. The van der Waals surface area contributed by atoms with Crippen LogP contribution >= 0.6 is 0 Å². The Bertz CT molecular complexity index is 1290. The zero-order chi connectivity index (χ0) is 21.5. The number of fused-ring (bicyclic) bond motifs is 1. The number of aromatic nitrogens is 5. The molecule has 2 aromatic heterocycles. The number of anilines is 1. The first-order chi connectivity index (χ1) is 15.0. The molecular formula is C24H22N6O. The van der Waals surface area contributed by atoms with E-state index in [-0.39, 0.29) is 11.8 Å². The summed E-state index contributed by atoms with van der Waals surface area (Å²) < 4.78 is 1.59. The van der Waals surface area contributed by atoms with Gasteiger partial charge < -0.3 is 5.32 Å². The van der Waals surface area contributed by atoms with Gasteiger partial charge in [-0.15, -0.1) is 5.10 Å². The van der Waals surface area contributed by atoms with Crippen LogP contribution in [0.5, 0.6) is 0 Å². The number of hydrogen-bond acceptors (Lipinski definition) is 5. The highest BCUT2D eigenvalue weighted by atomic mass is 16.1. The SMILES string of the molecule is Cc1ccc(-c2cnnc(-n3nc(C)c4c3NC(=O)C[C@H]4c3cccc(C)c3)n2)cc1. The zero-order valence-corrected chi connectivity index (χ0v) is 17.6. The second-order valence-corrected chi connectivity index (χ2v) is 7.99. The Labute approximate surface area is 180 Å². The lowest BCUT2D eigenvalue weighted by Crippen LogP contribution is -2.25. The monoisotopic (exact) mass is 410 g/mol. The summed E-state index contributed by atoms with van der Waals surface area (Å²) >= 11 is 0. The molecule has 4 aromatic rings. The molecule has 5 rings (SSSR count). The summed E-state index contributed by atoms with van der Waals surface area (Å²) in [6.45, 7) is 6.05. The molecule has 0 fully saturated rings. The summed E-state index contributed by atoms with van der Waals surface area (Å²) in [6.07, 6.45) is 2.01. The van der Waals surface area contributed by atoms with E-state index in [0.717, 1.165) is 27.9 Å². The predicted molar refractivity (Wildman–Crippen MR) is 118 cm³/mol. The molecule has 7 nitrogen and oxygen atoms in total. The lowest BCUT2D eigenvalue weighted by molar-refractivity contribution is -0.116. The second kappa shape index (κ2) is 7.43. The van der Waals surface area contributed by atoms with Crippen molar-refractivity contribution < 1.29 is 4.79 Å². The lowest BCUT2D eigenvalue weighted by atomic mass is 9.85. The van der Waals surface area contributed by atoms with Gasteiger partial charge in [-0.1, -0.05) is 59.7 Å². The minimum Gasteiger partial charge on any atom is -0.310 e. The molecule has 1 N–H and O–H groups in total. The molecule has 1 aliphatic rings. The summed E-state index contributed by atoms with van der Waals surface area (Å²) in [5, 5.41) is 16.0. The van der Waals surface area contributed by atoms with Crippen LogP contribution in [0.3, 0.4) is 0 Å². The molecule has 1 atom stereocenters. The minimum atomic E-state index is -0.0642. The van der Waals surface area contributed by atoms with Crippen LogP contribution in [0.1, 0.15) is 40.3 Å². The topological polar surface area (TPSA) is 85.6 Å². The van der Waals surface area contributed by atoms with Crippen LogP contribution in [0.4, 0.5) is 5.82 Å².